The molecule has 0 aliphatic rings. The average Bonchev–Trinajstić information content (AvgIpc) is 3.11. The Bertz CT molecular complexity index is 1300. The number of carbonyl (C=O) groups is 1. The number of hydrogen-bond acceptors (Lipinski definition) is 4. The van der Waals surface area contributed by atoms with Crippen LogP contribution in [0.25, 0.3) is 11.0 Å². The number of carboxylic acid groups (broad SMARTS) is 1. The molecule has 0 aliphatic heterocycles. The van der Waals surface area contributed by atoms with Crippen LogP contribution in [0.2, 0.25) is 0 Å². The zero-order valence-corrected chi connectivity index (χ0v) is 17.1. The van der Waals surface area contributed by atoms with E-state index in [4.69, 9.17) is 9.72 Å². The normalized spacial score (nSPS) is 10.7. The van der Waals surface area contributed by atoms with Crippen molar-refractivity contribution in [3.05, 3.63) is 94.8 Å². The number of hydrogen-bond donors (Lipinski definition) is 1. The lowest BCUT2D eigenvalue weighted by Gasteiger charge is -2.12. The number of para-hydroxylation sites is 2. The van der Waals surface area contributed by atoms with Gasteiger partial charge in [-0.25, -0.2) is 9.78 Å². The first-order valence-electron chi connectivity index (χ1n) is 10.0. The second-order valence-electron chi connectivity index (χ2n) is 7.12. The molecule has 31 heavy (non-hydrogen) atoms. The summed E-state index contributed by atoms with van der Waals surface area (Å²) in [6.45, 7) is 2.72. The van der Waals surface area contributed by atoms with E-state index >= 15 is 0 Å². The second kappa shape index (κ2) is 8.72. The van der Waals surface area contributed by atoms with Gasteiger partial charge in [0.15, 0.2) is 0 Å². The zero-order valence-electron chi connectivity index (χ0n) is 17.1. The van der Waals surface area contributed by atoms with E-state index in [1.165, 1.54) is 0 Å². The van der Waals surface area contributed by atoms with Gasteiger partial charge in [-0.1, -0.05) is 36.4 Å². The number of carboxylic acids is 1. The Morgan fingerprint density at radius 1 is 1.13 bits per heavy atom. The van der Waals surface area contributed by atoms with Gasteiger partial charge in [-0.2, -0.15) is 5.26 Å². The molecule has 3 aromatic carbocycles. The summed E-state index contributed by atoms with van der Waals surface area (Å²) in [5, 5.41) is 18.9. The van der Waals surface area contributed by atoms with Crippen molar-refractivity contribution in [3.63, 3.8) is 0 Å². The molecule has 0 saturated carbocycles. The van der Waals surface area contributed by atoms with Crippen molar-refractivity contribution in [1.29, 1.82) is 5.26 Å². The topological polar surface area (TPSA) is 88.1 Å². The van der Waals surface area contributed by atoms with E-state index in [1.807, 2.05) is 55.5 Å². The molecule has 1 N–H and O–H groups in total. The monoisotopic (exact) mass is 411 g/mol. The van der Waals surface area contributed by atoms with Crippen LogP contribution in [0.15, 0.2) is 66.7 Å². The van der Waals surface area contributed by atoms with Gasteiger partial charge in [-0.05, 0) is 48.4 Å². The quantitative estimate of drug-likeness (QED) is 0.478. The summed E-state index contributed by atoms with van der Waals surface area (Å²) in [5.74, 6) is 0.166. The van der Waals surface area contributed by atoms with Gasteiger partial charge in [-0.3, -0.25) is 0 Å². The lowest BCUT2D eigenvalue weighted by molar-refractivity contribution is 0.0692. The van der Waals surface area contributed by atoms with Gasteiger partial charge in [0.1, 0.15) is 17.1 Å². The maximum absolute atomic E-state index is 11.5. The molecule has 6 heteroatoms. The van der Waals surface area contributed by atoms with Gasteiger partial charge in [0.05, 0.1) is 35.8 Å². The number of aromatic carboxylic acids is 1. The summed E-state index contributed by atoms with van der Waals surface area (Å²) >= 11 is 0. The molecule has 6 nitrogen and oxygen atoms in total. The van der Waals surface area contributed by atoms with Crippen molar-refractivity contribution in [2.24, 2.45) is 0 Å². The molecule has 0 bridgehead atoms. The number of benzene rings is 3. The van der Waals surface area contributed by atoms with E-state index in [0.717, 1.165) is 28.0 Å². The van der Waals surface area contributed by atoms with Crippen LogP contribution in [0.1, 0.15) is 39.8 Å². The van der Waals surface area contributed by atoms with Crippen molar-refractivity contribution >= 4 is 17.0 Å². The number of ether oxygens (including phenoxy) is 1. The van der Waals surface area contributed by atoms with Gasteiger partial charge in [0.2, 0.25) is 0 Å². The highest BCUT2D eigenvalue weighted by molar-refractivity contribution is 5.91. The Labute approximate surface area is 180 Å². The lowest BCUT2D eigenvalue weighted by Crippen LogP contribution is -2.08. The molecule has 0 saturated heterocycles. The minimum absolute atomic E-state index is 0.141. The van der Waals surface area contributed by atoms with E-state index in [0.29, 0.717) is 30.9 Å². The zero-order chi connectivity index (χ0) is 21.8. The molecule has 0 fully saturated rings. The van der Waals surface area contributed by atoms with E-state index < -0.39 is 5.97 Å². The molecule has 154 valence electrons. The van der Waals surface area contributed by atoms with Crippen molar-refractivity contribution in [2.75, 3.05) is 6.61 Å². The predicted octanol–water partition coefficient (Wildman–Crippen LogP) is 4.64. The smallest absolute Gasteiger partial charge is 0.339 e. The maximum atomic E-state index is 11.5. The predicted molar refractivity (Wildman–Crippen MR) is 117 cm³/mol. The standard InChI is InChI=1S/C25H21N3O3/c1-2-31-23-13-17(11-12-20(23)25(29)30)14-24-27-21-9-5-6-10-22(21)28(24)16-19-8-4-3-7-18(19)15-26/h3-13H,2,14,16H2,1H3,(H,29,30). The summed E-state index contributed by atoms with van der Waals surface area (Å²) in [7, 11) is 0. The molecule has 0 aliphatic carbocycles. The highest BCUT2D eigenvalue weighted by Crippen LogP contribution is 2.25. The van der Waals surface area contributed by atoms with Gasteiger partial charge in [-0.15, -0.1) is 0 Å². The molecule has 1 heterocycles. The van der Waals surface area contributed by atoms with Crippen LogP contribution in [-0.4, -0.2) is 27.2 Å². The first-order chi connectivity index (χ1) is 15.1. The van der Waals surface area contributed by atoms with Crippen molar-refractivity contribution in [3.8, 4) is 11.8 Å². The van der Waals surface area contributed by atoms with Crippen LogP contribution in [0.5, 0.6) is 5.75 Å². The van der Waals surface area contributed by atoms with Crippen molar-refractivity contribution in [1.82, 2.24) is 9.55 Å². The third kappa shape index (κ3) is 4.12. The molecular weight excluding hydrogens is 390 g/mol. The van der Waals surface area contributed by atoms with Crippen molar-refractivity contribution in [2.45, 2.75) is 19.9 Å². The Hall–Kier alpha value is -4.11. The molecule has 4 aromatic rings. The SMILES string of the molecule is CCOc1cc(Cc2nc3ccccc3n2Cc2ccccc2C#N)ccc1C(=O)O. The summed E-state index contributed by atoms with van der Waals surface area (Å²) in [6, 6.07) is 22.8. The van der Waals surface area contributed by atoms with Crippen molar-refractivity contribution < 1.29 is 14.6 Å². The van der Waals surface area contributed by atoms with Crippen LogP contribution < -0.4 is 4.74 Å². The van der Waals surface area contributed by atoms with Crippen LogP contribution in [0, 0.1) is 11.3 Å². The number of rotatable bonds is 7. The molecule has 0 amide bonds. The number of fused-ring (bicyclic) bond motifs is 1. The first-order valence-corrected chi connectivity index (χ1v) is 10.0. The Morgan fingerprint density at radius 3 is 2.68 bits per heavy atom. The summed E-state index contributed by atoms with van der Waals surface area (Å²) in [4.78, 5) is 16.3. The summed E-state index contributed by atoms with van der Waals surface area (Å²) in [5.41, 5.74) is 4.46. The summed E-state index contributed by atoms with van der Waals surface area (Å²) < 4.78 is 7.66. The maximum Gasteiger partial charge on any atom is 0.339 e. The third-order valence-corrected chi connectivity index (χ3v) is 5.14. The number of nitriles is 1. The molecule has 0 unspecified atom stereocenters. The highest BCUT2D eigenvalue weighted by atomic mass is 16.5. The van der Waals surface area contributed by atoms with Gasteiger partial charge < -0.3 is 14.4 Å². The Kier molecular flexibility index (Phi) is 5.67. The lowest BCUT2D eigenvalue weighted by atomic mass is 10.1. The first kappa shape index (κ1) is 20.2. The highest BCUT2D eigenvalue weighted by Gasteiger charge is 2.16. The van der Waals surface area contributed by atoms with E-state index in [9.17, 15) is 15.2 Å². The van der Waals surface area contributed by atoms with Crippen LogP contribution >= 0.6 is 0 Å². The molecule has 0 atom stereocenters. The van der Waals surface area contributed by atoms with Crippen LogP contribution in [-0.2, 0) is 13.0 Å². The van der Waals surface area contributed by atoms with Crippen LogP contribution in [0.4, 0.5) is 0 Å². The van der Waals surface area contributed by atoms with Gasteiger partial charge >= 0.3 is 5.97 Å². The Balaban J connectivity index is 1.76. The summed E-state index contributed by atoms with van der Waals surface area (Å²) in [6.07, 6.45) is 0.503. The molecule has 0 radical (unpaired) electrons. The molecular formula is C25H21N3O3. The van der Waals surface area contributed by atoms with E-state index in [2.05, 4.69) is 10.6 Å². The average molecular weight is 411 g/mol. The number of imidazole rings is 1. The molecule has 1 aromatic heterocycles. The fourth-order valence-corrected chi connectivity index (χ4v) is 3.69. The fraction of sp³-hybridized carbons (Fsp3) is 0.160. The van der Waals surface area contributed by atoms with Gasteiger partial charge in [0.25, 0.3) is 0 Å². The largest absolute Gasteiger partial charge is 0.493 e. The van der Waals surface area contributed by atoms with Crippen LogP contribution in [0.3, 0.4) is 0 Å². The third-order valence-electron chi connectivity index (χ3n) is 5.14. The minimum Gasteiger partial charge on any atom is -0.493 e. The molecule has 0 spiro atoms. The fourth-order valence-electron chi connectivity index (χ4n) is 3.69. The minimum atomic E-state index is -1.02. The van der Waals surface area contributed by atoms with Gasteiger partial charge in [0, 0.05) is 6.42 Å². The van der Waals surface area contributed by atoms with E-state index in [1.54, 1.807) is 18.2 Å². The number of aromatic nitrogens is 2. The number of nitrogens with zero attached hydrogens (tertiary/aromatic N) is 3. The molecule has 4 rings (SSSR count). The second-order valence-corrected chi connectivity index (χ2v) is 7.12. The Morgan fingerprint density at radius 2 is 1.90 bits per heavy atom. The van der Waals surface area contributed by atoms with E-state index in [-0.39, 0.29) is 5.56 Å².